The van der Waals surface area contributed by atoms with Gasteiger partial charge < -0.3 is 13.9 Å². The lowest BCUT2D eigenvalue weighted by Gasteiger charge is -2.36. The monoisotopic (exact) mass is 509 g/mol. The third-order valence-corrected chi connectivity index (χ3v) is 10.9. The van der Waals surface area contributed by atoms with Crippen LogP contribution in [0.1, 0.15) is 64.5 Å². The number of aromatic nitrogens is 1. The van der Waals surface area contributed by atoms with E-state index in [1.165, 1.54) is 0 Å². The van der Waals surface area contributed by atoms with E-state index in [4.69, 9.17) is 13.9 Å². The third kappa shape index (κ3) is 7.56. The van der Waals surface area contributed by atoms with Crippen LogP contribution < -0.4 is 0 Å². The largest absolute Gasteiger partial charge is 0.417 e. The summed E-state index contributed by atoms with van der Waals surface area (Å²) in [6.07, 6.45) is 1.38. The Kier molecular flexibility index (Phi) is 10.3. The Labute approximate surface area is 177 Å². The summed E-state index contributed by atoms with van der Waals surface area (Å²) < 4.78 is 18.5. The highest BCUT2D eigenvalue weighted by atomic mass is 127. The Hall–Kier alpha value is 0.0169. The Morgan fingerprint density at radius 1 is 1.19 bits per heavy atom. The van der Waals surface area contributed by atoms with Gasteiger partial charge in [0.15, 0.2) is 13.3 Å². The summed E-state index contributed by atoms with van der Waals surface area (Å²) in [4.78, 5) is 4.60. The summed E-state index contributed by atoms with van der Waals surface area (Å²) >= 11 is 3.86. The van der Waals surface area contributed by atoms with Crippen LogP contribution in [0.3, 0.4) is 0 Å². The van der Waals surface area contributed by atoms with Crippen molar-refractivity contribution in [3.05, 3.63) is 13.6 Å². The molecule has 0 spiro atoms. The second-order valence-electron chi connectivity index (χ2n) is 7.43. The average molecular weight is 510 g/mol. The van der Waals surface area contributed by atoms with Crippen LogP contribution in [0, 0.1) is 14.7 Å². The van der Waals surface area contributed by atoms with Crippen molar-refractivity contribution in [3.8, 4) is 11.8 Å². The molecule has 0 radical (unpaired) electrons. The molecule has 0 unspecified atom stereocenters. The number of hydrogen-bond donors (Lipinski definition) is 0. The summed E-state index contributed by atoms with van der Waals surface area (Å²) in [7, 11) is -1.65. The number of thiazole rings is 1. The van der Waals surface area contributed by atoms with Crippen molar-refractivity contribution in [3.63, 3.8) is 0 Å². The molecule has 0 N–H and O–H groups in total. The molecule has 0 aliphatic heterocycles. The SMILES string of the molecule is CCOC(OCC)c1nc(C#CCCCO[Si](C)(C)C(C)(C)C)c(I)s1. The van der Waals surface area contributed by atoms with Crippen LogP contribution in [0.2, 0.25) is 18.1 Å². The molecular formula is C19H32INO3SSi. The maximum Gasteiger partial charge on any atom is 0.210 e. The van der Waals surface area contributed by atoms with Gasteiger partial charge in [-0.1, -0.05) is 26.7 Å². The molecule has 4 nitrogen and oxygen atoms in total. The van der Waals surface area contributed by atoms with E-state index >= 15 is 0 Å². The van der Waals surface area contributed by atoms with Crippen LogP contribution in [0.15, 0.2) is 0 Å². The lowest BCUT2D eigenvalue weighted by atomic mass is 10.2. The van der Waals surface area contributed by atoms with Crippen LogP contribution in [0.5, 0.6) is 0 Å². The van der Waals surface area contributed by atoms with Gasteiger partial charge in [0.05, 0.1) is 0 Å². The molecular weight excluding hydrogens is 477 g/mol. The summed E-state index contributed by atoms with van der Waals surface area (Å²) in [5.74, 6) is 6.41. The van der Waals surface area contributed by atoms with Crippen molar-refractivity contribution in [1.82, 2.24) is 4.98 Å². The molecule has 26 heavy (non-hydrogen) atoms. The molecule has 0 saturated heterocycles. The van der Waals surface area contributed by atoms with E-state index in [2.05, 4.69) is 73.3 Å². The third-order valence-electron chi connectivity index (χ3n) is 4.36. The van der Waals surface area contributed by atoms with Gasteiger partial charge in [-0.05, 0) is 66.9 Å². The van der Waals surface area contributed by atoms with Crippen LogP contribution in [-0.4, -0.2) is 33.1 Å². The zero-order valence-electron chi connectivity index (χ0n) is 17.1. The summed E-state index contributed by atoms with van der Waals surface area (Å²) in [6.45, 7) is 17.2. The predicted octanol–water partition coefficient (Wildman–Crippen LogP) is 5.97. The van der Waals surface area contributed by atoms with E-state index in [1.54, 1.807) is 11.3 Å². The lowest BCUT2D eigenvalue weighted by Crippen LogP contribution is -2.40. The van der Waals surface area contributed by atoms with Crippen molar-refractivity contribution in [1.29, 1.82) is 0 Å². The Morgan fingerprint density at radius 3 is 2.35 bits per heavy atom. The average Bonchev–Trinajstić information content (AvgIpc) is 2.90. The number of unbranched alkanes of at least 4 members (excludes halogenated alkanes) is 1. The van der Waals surface area contributed by atoms with Crippen molar-refractivity contribution in [2.75, 3.05) is 19.8 Å². The van der Waals surface area contributed by atoms with Gasteiger partial charge in [0.25, 0.3) is 0 Å². The fourth-order valence-electron chi connectivity index (χ4n) is 1.84. The zero-order valence-corrected chi connectivity index (χ0v) is 21.0. The molecule has 0 saturated carbocycles. The van der Waals surface area contributed by atoms with Gasteiger partial charge in [0.2, 0.25) is 6.29 Å². The van der Waals surface area contributed by atoms with Gasteiger partial charge in [-0.3, -0.25) is 0 Å². The predicted molar refractivity (Wildman–Crippen MR) is 120 cm³/mol. The number of ether oxygens (including phenoxy) is 2. The molecule has 148 valence electrons. The van der Waals surface area contributed by atoms with E-state index in [9.17, 15) is 0 Å². The van der Waals surface area contributed by atoms with Crippen LogP contribution >= 0.6 is 33.9 Å². The molecule has 0 aromatic carbocycles. The molecule has 0 fully saturated rings. The second kappa shape index (κ2) is 11.1. The standard InChI is InChI=1S/C19H32INO3SSi/c1-8-22-18(23-9-2)17-21-15(16(20)25-17)13-11-10-12-14-24-26(6,7)19(3,4)5/h18H,8-10,12,14H2,1-7H3. The number of nitrogens with zero attached hydrogens (tertiary/aromatic N) is 1. The topological polar surface area (TPSA) is 40.6 Å². The molecule has 7 heteroatoms. The minimum Gasteiger partial charge on any atom is -0.417 e. The van der Waals surface area contributed by atoms with Crippen molar-refractivity contribution < 1.29 is 13.9 Å². The first kappa shape index (κ1) is 24.1. The molecule has 1 rings (SSSR count). The zero-order chi connectivity index (χ0) is 19.8. The first-order valence-electron chi connectivity index (χ1n) is 9.14. The van der Waals surface area contributed by atoms with Gasteiger partial charge in [-0.25, -0.2) is 4.98 Å². The minimum absolute atomic E-state index is 0.253. The van der Waals surface area contributed by atoms with Crippen LogP contribution in [0.4, 0.5) is 0 Å². The van der Waals surface area contributed by atoms with E-state index in [0.717, 1.165) is 33.0 Å². The quantitative estimate of drug-likeness (QED) is 0.135. The highest BCUT2D eigenvalue weighted by Gasteiger charge is 2.36. The summed E-state index contributed by atoms with van der Waals surface area (Å²) in [5, 5.41) is 1.09. The van der Waals surface area contributed by atoms with Crippen molar-refractivity contribution in [2.24, 2.45) is 0 Å². The molecule has 0 aliphatic carbocycles. The van der Waals surface area contributed by atoms with Crippen LogP contribution in [-0.2, 0) is 13.9 Å². The summed E-state index contributed by atoms with van der Waals surface area (Å²) in [6, 6.07) is 0. The Morgan fingerprint density at radius 2 is 1.81 bits per heavy atom. The highest BCUT2D eigenvalue weighted by molar-refractivity contribution is 14.1. The van der Waals surface area contributed by atoms with Crippen LogP contribution in [0.25, 0.3) is 0 Å². The van der Waals surface area contributed by atoms with Gasteiger partial charge in [0.1, 0.15) is 8.58 Å². The smallest absolute Gasteiger partial charge is 0.210 e. The molecule has 0 bridgehead atoms. The van der Waals surface area contributed by atoms with E-state index in [1.807, 2.05) is 13.8 Å². The number of rotatable bonds is 9. The van der Waals surface area contributed by atoms with Crippen molar-refractivity contribution >= 4 is 42.2 Å². The normalized spacial score (nSPS) is 12.3. The van der Waals surface area contributed by atoms with E-state index in [-0.39, 0.29) is 5.04 Å². The maximum absolute atomic E-state index is 6.18. The minimum atomic E-state index is -1.65. The molecule has 0 atom stereocenters. The molecule has 1 aromatic heterocycles. The molecule has 0 amide bonds. The molecule has 1 aromatic rings. The van der Waals surface area contributed by atoms with Gasteiger partial charge in [-0.2, -0.15) is 0 Å². The van der Waals surface area contributed by atoms with E-state index in [0.29, 0.717) is 13.2 Å². The van der Waals surface area contributed by atoms with Gasteiger partial charge in [-0.15, -0.1) is 11.3 Å². The van der Waals surface area contributed by atoms with Gasteiger partial charge >= 0.3 is 0 Å². The fraction of sp³-hybridized carbons (Fsp3) is 0.737. The highest BCUT2D eigenvalue weighted by Crippen LogP contribution is 2.36. The first-order valence-corrected chi connectivity index (χ1v) is 13.9. The summed E-state index contributed by atoms with van der Waals surface area (Å²) in [5.41, 5.74) is 0.820. The van der Waals surface area contributed by atoms with E-state index < -0.39 is 14.6 Å². The second-order valence-corrected chi connectivity index (χ2v) is 15.1. The first-order chi connectivity index (χ1) is 12.1. The van der Waals surface area contributed by atoms with Gasteiger partial charge in [0, 0.05) is 26.2 Å². The Bertz CT molecular complexity index is 611. The van der Waals surface area contributed by atoms with Crippen molar-refractivity contribution in [2.45, 2.75) is 71.9 Å². The number of hydrogen-bond acceptors (Lipinski definition) is 5. The molecule has 0 aliphatic rings. The maximum atomic E-state index is 6.18. The number of halogens is 1. The fourth-order valence-corrected chi connectivity index (χ4v) is 4.61. The molecule has 1 heterocycles. The Balaban J connectivity index is 2.56. The lowest BCUT2D eigenvalue weighted by molar-refractivity contribution is -0.140.